The lowest BCUT2D eigenvalue weighted by Crippen LogP contribution is -2.44. The van der Waals surface area contributed by atoms with E-state index in [1.54, 1.807) is 30.1 Å². The fraction of sp³-hybridized carbons (Fsp3) is 0.667. The summed E-state index contributed by atoms with van der Waals surface area (Å²) in [6.07, 6.45) is 3.13. The molecule has 19 heavy (non-hydrogen) atoms. The standard InChI is InChI=1S/C15H23NO2S/c1-4-16(10-15(2,3)18)14(17)12-6-5-7-13-11(12)8-9-19-13/h8-9,12,18H,4-7,10H2,1-3H3. The molecule has 0 saturated heterocycles. The zero-order chi connectivity index (χ0) is 14.0. The number of aliphatic hydroxyl groups is 1. The summed E-state index contributed by atoms with van der Waals surface area (Å²) in [5.74, 6) is 0.168. The summed E-state index contributed by atoms with van der Waals surface area (Å²) in [7, 11) is 0. The molecule has 106 valence electrons. The highest BCUT2D eigenvalue weighted by molar-refractivity contribution is 7.10. The van der Waals surface area contributed by atoms with Gasteiger partial charge in [0.15, 0.2) is 0 Å². The maximum absolute atomic E-state index is 12.7. The Balaban J connectivity index is 2.16. The van der Waals surface area contributed by atoms with Crippen LogP contribution in [0, 0.1) is 0 Å². The second-order valence-electron chi connectivity index (χ2n) is 5.91. The van der Waals surface area contributed by atoms with Crippen molar-refractivity contribution in [3.8, 4) is 0 Å². The van der Waals surface area contributed by atoms with E-state index in [1.165, 1.54) is 10.4 Å². The third-order valence-electron chi connectivity index (χ3n) is 3.62. The molecule has 1 aromatic heterocycles. The van der Waals surface area contributed by atoms with Gasteiger partial charge in [0.1, 0.15) is 0 Å². The first-order valence-electron chi connectivity index (χ1n) is 7.00. The van der Waals surface area contributed by atoms with E-state index in [9.17, 15) is 9.90 Å². The Kier molecular flexibility index (Phi) is 4.31. The van der Waals surface area contributed by atoms with E-state index in [0.29, 0.717) is 13.1 Å². The van der Waals surface area contributed by atoms with Gasteiger partial charge < -0.3 is 10.0 Å². The minimum absolute atomic E-state index is 0.00250. The van der Waals surface area contributed by atoms with Gasteiger partial charge in [0, 0.05) is 18.0 Å². The molecule has 0 bridgehead atoms. The van der Waals surface area contributed by atoms with E-state index in [0.717, 1.165) is 19.3 Å². The zero-order valence-electron chi connectivity index (χ0n) is 12.0. The lowest BCUT2D eigenvalue weighted by atomic mass is 9.86. The quantitative estimate of drug-likeness (QED) is 0.922. The van der Waals surface area contributed by atoms with Crippen LogP contribution in [0.15, 0.2) is 11.4 Å². The van der Waals surface area contributed by atoms with Crippen molar-refractivity contribution < 1.29 is 9.90 Å². The largest absolute Gasteiger partial charge is 0.389 e. The van der Waals surface area contributed by atoms with Crippen LogP contribution >= 0.6 is 11.3 Å². The van der Waals surface area contributed by atoms with Gasteiger partial charge >= 0.3 is 0 Å². The van der Waals surface area contributed by atoms with E-state index in [1.807, 2.05) is 6.92 Å². The van der Waals surface area contributed by atoms with Gasteiger partial charge in [-0.2, -0.15) is 0 Å². The van der Waals surface area contributed by atoms with Crippen LogP contribution in [-0.4, -0.2) is 34.6 Å². The summed E-state index contributed by atoms with van der Waals surface area (Å²) in [5, 5.41) is 12.0. The van der Waals surface area contributed by atoms with Crippen LogP contribution in [0.2, 0.25) is 0 Å². The number of rotatable bonds is 4. The number of amides is 1. The predicted molar refractivity (Wildman–Crippen MR) is 78.5 cm³/mol. The molecule has 3 nitrogen and oxygen atoms in total. The Morgan fingerprint density at radius 2 is 2.32 bits per heavy atom. The molecule has 4 heteroatoms. The molecule has 1 aromatic rings. The molecule has 2 rings (SSSR count). The number of thiophene rings is 1. The highest BCUT2D eigenvalue weighted by Crippen LogP contribution is 2.36. The number of nitrogens with zero attached hydrogens (tertiary/aromatic N) is 1. The second kappa shape index (κ2) is 5.63. The van der Waals surface area contributed by atoms with Crippen molar-refractivity contribution in [2.45, 2.75) is 51.6 Å². The van der Waals surface area contributed by atoms with Gasteiger partial charge in [0.2, 0.25) is 5.91 Å². The highest BCUT2D eigenvalue weighted by atomic mass is 32.1. The van der Waals surface area contributed by atoms with Gasteiger partial charge in [0.05, 0.1) is 11.5 Å². The average Bonchev–Trinajstić information content (AvgIpc) is 2.81. The number of hydrogen-bond acceptors (Lipinski definition) is 3. The Morgan fingerprint density at radius 3 is 2.95 bits per heavy atom. The van der Waals surface area contributed by atoms with Crippen LogP contribution in [0.5, 0.6) is 0 Å². The molecule has 1 atom stereocenters. The fourth-order valence-electron chi connectivity index (χ4n) is 2.78. The first kappa shape index (κ1) is 14.5. The fourth-order valence-corrected chi connectivity index (χ4v) is 3.76. The average molecular weight is 281 g/mol. The maximum atomic E-state index is 12.7. The van der Waals surface area contributed by atoms with Gasteiger partial charge in [0.25, 0.3) is 0 Å². The summed E-state index contributed by atoms with van der Waals surface area (Å²) in [4.78, 5) is 15.8. The number of likely N-dealkylation sites (N-methyl/N-ethyl adjacent to an activating group) is 1. The van der Waals surface area contributed by atoms with Crippen LogP contribution in [-0.2, 0) is 11.2 Å². The number of aryl methyl sites for hydroxylation is 1. The maximum Gasteiger partial charge on any atom is 0.230 e. The summed E-state index contributed by atoms with van der Waals surface area (Å²) < 4.78 is 0. The van der Waals surface area contributed by atoms with Crippen molar-refractivity contribution in [1.29, 1.82) is 0 Å². The number of carbonyl (C=O) groups excluding carboxylic acids is 1. The Bertz CT molecular complexity index is 447. The van der Waals surface area contributed by atoms with E-state index >= 15 is 0 Å². The van der Waals surface area contributed by atoms with Gasteiger partial charge in [-0.25, -0.2) is 0 Å². The topological polar surface area (TPSA) is 40.5 Å². The van der Waals surface area contributed by atoms with Gasteiger partial charge in [-0.3, -0.25) is 4.79 Å². The van der Waals surface area contributed by atoms with E-state index < -0.39 is 5.60 Å². The molecule has 0 aromatic carbocycles. The zero-order valence-corrected chi connectivity index (χ0v) is 12.8. The molecule has 0 radical (unpaired) electrons. The molecule has 1 amide bonds. The number of hydrogen-bond donors (Lipinski definition) is 1. The molecule has 0 aliphatic heterocycles. The van der Waals surface area contributed by atoms with E-state index in [2.05, 4.69) is 11.4 Å². The Hall–Kier alpha value is -0.870. The third-order valence-corrected chi connectivity index (χ3v) is 4.62. The highest BCUT2D eigenvalue weighted by Gasteiger charge is 2.31. The smallest absolute Gasteiger partial charge is 0.230 e. The van der Waals surface area contributed by atoms with Gasteiger partial charge in [-0.1, -0.05) is 0 Å². The van der Waals surface area contributed by atoms with Crippen molar-refractivity contribution in [2.75, 3.05) is 13.1 Å². The molecule has 1 heterocycles. The SMILES string of the molecule is CCN(CC(C)(C)O)C(=O)C1CCCc2sccc21. The van der Waals surface area contributed by atoms with Crippen LogP contribution < -0.4 is 0 Å². The van der Waals surface area contributed by atoms with Crippen LogP contribution in [0.3, 0.4) is 0 Å². The van der Waals surface area contributed by atoms with Crippen LogP contribution in [0.4, 0.5) is 0 Å². The first-order chi connectivity index (χ1) is 8.92. The van der Waals surface area contributed by atoms with Crippen molar-refractivity contribution in [3.05, 3.63) is 21.9 Å². The third kappa shape index (κ3) is 3.37. The van der Waals surface area contributed by atoms with Crippen LogP contribution in [0.1, 0.15) is 50.0 Å². The summed E-state index contributed by atoms with van der Waals surface area (Å²) in [6, 6.07) is 2.10. The predicted octanol–water partition coefficient (Wildman–Crippen LogP) is 2.79. The molecular weight excluding hydrogens is 258 g/mol. The van der Waals surface area contributed by atoms with Gasteiger partial charge in [-0.15, -0.1) is 11.3 Å². The lowest BCUT2D eigenvalue weighted by molar-refractivity contribution is -0.135. The Morgan fingerprint density at radius 1 is 1.58 bits per heavy atom. The number of fused-ring (bicyclic) bond motifs is 1. The summed E-state index contributed by atoms with van der Waals surface area (Å²) >= 11 is 1.76. The van der Waals surface area contributed by atoms with Crippen molar-refractivity contribution in [3.63, 3.8) is 0 Å². The monoisotopic (exact) mass is 281 g/mol. The second-order valence-corrected chi connectivity index (χ2v) is 6.91. The van der Waals surface area contributed by atoms with Crippen molar-refractivity contribution in [1.82, 2.24) is 4.90 Å². The molecular formula is C15H23NO2S. The molecule has 1 unspecified atom stereocenters. The molecule has 0 saturated carbocycles. The minimum Gasteiger partial charge on any atom is -0.389 e. The molecule has 0 spiro atoms. The molecule has 0 fully saturated rings. The Labute approximate surface area is 119 Å². The normalized spacial score (nSPS) is 19.1. The molecule has 1 N–H and O–H groups in total. The summed E-state index contributed by atoms with van der Waals surface area (Å²) in [5.41, 5.74) is 0.383. The van der Waals surface area contributed by atoms with E-state index in [4.69, 9.17) is 0 Å². The van der Waals surface area contributed by atoms with E-state index in [-0.39, 0.29) is 11.8 Å². The van der Waals surface area contributed by atoms with Crippen molar-refractivity contribution in [2.24, 2.45) is 0 Å². The molecule has 1 aliphatic rings. The first-order valence-corrected chi connectivity index (χ1v) is 7.88. The minimum atomic E-state index is -0.836. The molecule has 1 aliphatic carbocycles. The lowest BCUT2D eigenvalue weighted by Gasteiger charge is -2.32. The van der Waals surface area contributed by atoms with Gasteiger partial charge in [-0.05, 0) is 57.0 Å². The summed E-state index contributed by atoms with van der Waals surface area (Å²) in [6.45, 7) is 6.53. The van der Waals surface area contributed by atoms with Crippen molar-refractivity contribution >= 4 is 17.2 Å². The van der Waals surface area contributed by atoms with Crippen LogP contribution in [0.25, 0.3) is 0 Å². The number of carbonyl (C=O) groups is 1.